The van der Waals surface area contributed by atoms with Crippen molar-refractivity contribution < 1.29 is 5.11 Å². The fourth-order valence-corrected chi connectivity index (χ4v) is 5.05. The number of rotatable bonds is 4. The number of anilines is 1. The molecule has 0 unspecified atom stereocenters. The van der Waals surface area contributed by atoms with Gasteiger partial charge in [-0.15, -0.1) is 0 Å². The van der Waals surface area contributed by atoms with Gasteiger partial charge in [0, 0.05) is 36.9 Å². The summed E-state index contributed by atoms with van der Waals surface area (Å²) in [6, 6.07) is 0.493. The van der Waals surface area contributed by atoms with Crippen molar-refractivity contribution in [3.05, 3.63) is 17.1 Å². The molecule has 4 rings (SSSR count). The summed E-state index contributed by atoms with van der Waals surface area (Å²) in [5.41, 5.74) is 2.20. The summed E-state index contributed by atoms with van der Waals surface area (Å²) in [7, 11) is 0. The zero-order valence-corrected chi connectivity index (χ0v) is 16.3. The molecule has 144 valence electrons. The molecule has 0 spiro atoms. The Labute approximate surface area is 157 Å². The number of piperidine rings is 1. The fourth-order valence-electron chi connectivity index (χ4n) is 5.05. The summed E-state index contributed by atoms with van der Waals surface area (Å²) < 4.78 is 0. The van der Waals surface area contributed by atoms with Crippen molar-refractivity contribution >= 4 is 5.82 Å². The second-order valence-electron chi connectivity index (χ2n) is 8.73. The van der Waals surface area contributed by atoms with Gasteiger partial charge in [-0.1, -0.05) is 19.3 Å². The third-order valence-corrected chi connectivity index (χ3v) is 6.53. The molecule has 0 bridgehead atoms. The molecule has 1 saturated heterocycles. The molecule has 2 aliphatic carbocycles. The number of nitrogens with zero attached hydrogens (tertiary/aromatic N) is 3. The van der Waals surface area contributed by atoms with Crippen LogP contribution in [0.25, 0.3) is 0 Å². The Hall–Kier alpha value is -1.20. The van der Waals surface area contributed by atoms with Crippen LogP contribution in [0.5, 0.6) is 0 Å². The zero-order chi connectivity index (χ0) is 18.0. The standard InChI is InChI=1S/C21H34N4O/c1-16-22-19-8-4-3-7-18(19)20(23-16)24-17-9-13-25(14-10-17)15-21(26)11-5-2-6-12-21/h17,26H,2-15H2,1H3,(H,22,23,24). The van der Waals surface area contributed by atoms with Crippen LogP contribution in [0.4, 0.5) is 5.82 Å². The molecule has 1 saturated carbocycles. The van der Waals surface area contributed by atoms with Crippen LogP contribution in [0, 0.1) is 6.92 Å². The molecule has 26 heavy (non-hydrogen) atoms. The summed E-state index contributed by atoms with van der Waals surface area (Å²) in [6.07, 6.45) is 12.6. The van der Waals surface area contributed by atoms with Crippen LogP contribution in [0.1, 0.15) is 74.9 Å². The molecule has 3 aliphatic rings. The normalized spacial score (nSPS) is 24.2. The first kappa shape index (κ1) is 18.2. The monoisotopic (exact) mass is 358 g/mol. The Balaban J connectivity index is 1.34. The lowest BCUT2D eigenvalue weighted by molar-refractivity contribution is -0.0302. The van der Waals surface area contributed by atoms with E-state index in [2.05, 4.69) is 15.2 Å². The number of fused-ring (bicyclic) bond motifs is 1. The number of β-amino-alcohol motifs (C(OH)–C–C–N with tert-alkyl or cyclic N) is 1. The lowest BCUT2D eigenvalue weighted by Crippen LogP contribution is -2.48. The van der Waals surface area contributed by atoms with Crippen molar-refractivity contribution in [2.24, 2.45) is 0 Å². The van der Waals surface area contributed by atoms with Crippen LogP contribution < -0.4 is 5.32 Å². The molecule has 1 aliphatic heterocycles. The van der Waals surface area contributed by atoms with Gasteiger partial charge < -0.3 is 15.3 Å². The van der Waals surface area contributed by atoms with Crippen molar-refractivity contribution in [3.8, 4) is 0 Å². The minimum atomic E-state index is -0.429. The van der Waals surface area contributed by atoms with Gasteiger partial charge in [0.15, 0.2) is 0 Å². The molecule has 1 aromatic rings. The number of likely N-dealkylation sites (tertiary alicyclic amines) is 1. The van der Waals surface area contributed by atoms with Gasteiger partial charge in [0.2, 0.25) is 0 Å². The Bertz CT molecular complexity index is 619. The smallest absolute Gasteiger partial charge is 0.133 e. The van der Waals surface area contributed by atoms with E-state index < -0.39 is 5.60 Å². The topological polar surface area (TPSA) is 61.3 Å². The summed E-state index contributed by atoms with van der Waals surface area (Å²) in [6.45, 7) is 5.02. The first-order valence-corrected chi connectivity index (χ1v) is 10.7. The van der Waals surface area contributed by atoms with Gasteiger partial charge in [-0.3, -0.25) is 0 Å². The van der Waals surface area contributed by atoms with Crippen LogP contribution in [-0.4, -0.2) is 51.3 Å². The largest absolute Gasteiger partial charge is 0.389 e. The van der Waals surface area contributed by atoms with Crippen LogP contribution >= 0.6 is 0 Å². The summed E-state index contributed by atoms with van der Waals surface area (Å²) in [5.74, 6) is 1.99. The molecule has 5 nitrogen and oxygen atoms in total. The lowest BCUT2D eigenvalue weighted by atomic mass is 9.84. The van der Waals surface area contributed by atoms with Gasteiger partial charge in [-0.25, -0.2) is 9.97 Å². The predicted molar refractivity (Wildman–Crippen MR) is 105 cm³/mol. The minimum Gasteiger partial charge on any atom is -0.389 e. The molecule has 1 aromatic heterocycles. The van der Waals surface area contributed by atoms with Crippen molar-refractivity contribution in [1.29, 1.82) is 0 Å². The quantitative estimate of drug-likeness (QED) is 0.865. The summed E-state index contributed by atoms with van der Waals surface area (Å²) in [5, 5.41) is 14.6. The van der Waals surface area contributed by atoms with Crippen molar-refractivity contribution in [2.45, 2.75) is 89.2 Å². The SMILES string of the molecule is Cc1nc2c(c(NC3CCN(CC4(O)CCCCC4)CC3)n1)CCCC2. The highest BCUT2D eigenvalue weighted by Gasteiger charge is 2.33. The van der Waals surface area contributed by atoms with E-state index in [-0.39, 0.29) is 0 Å². The van der Waals surface area contributed by atoms with E-state index in [1.807, 2.05) is 6.92 Å². The maximum atomic E-state index is 10.8. The molecular formula is C21H34N4O. The Morgan fingerprint density at radius 3 is 2.54 bits per heavy atom. The van der Waals surface area contributed by atoms with Gasteiger partial charge in [-0.2, -0.15) is 0 Å². The van der Waals surface area contributed by atoms with Crippen LogP contribution in [-0.2, 0) is 12.8 Å². The molecule has 2 N–H and O–H groups in total. The Kier molecular flexibility index (Phi) is 5.46. The third-order valence-electron chi connectivity index (χ3n) is 6.53. The molecular weight excluding hydrogens is 324 g/mol. The highest BCUT2D eigenvalue weighted by atomic mass is 16.3. The summed E-state index contributed by atoms with van der Waals surface area (Å²) >= 11 is 0. The number of nitrogens with one attached hydrogen (secondary N) is 1. The van der Waals surface area contributed by atoms with Gasteiger partial charge in [0.1, 0.15) is 11.6 Å². The average molecular weight is 359 g/mol. The van der Waals surface area contributed by atoms with Gasteiger partial charge >= 0.3 is 0 Å². The first-order chi connectivity index (χ1) is 12.6. The number of aryl methyl sites for hydroxylation is 2. The number of hydrogen-bond donors (Lipinski definition) is 2. The molecule has 5 heteroatoms. The molecule has 2 fully saturated rings. The van der Waals surface area contributed by atoms with Crippen LogP contribution in [0.2, 0.25) is 0 Å². The van der Waals surface area contributed by atoms with E-state index in [9.17, 15) is 5.11 Å². The maximum Gasteiger partial charge on any atom is 0.133 e. The van der Waals surface area contributed by atoms with Crippen molar-refractivity contribution in [2.75, 3.05) is 25.0 Å². The van der Waals surface area contributed by atoms with Gasteiger partial charge in [-0.05, 0) is 58.3 Å². The van der Waals surface area contributed by atoms with E-state index >= 15 is 0 Å². The molecule has 0 amide bonds. The molecule has 0 atom stereocenters. The van der Waals surface area contributed by atoms with Crippen LogP contribution in [0.15, 0.2) is 0 Å². The Morgan fingerprint density at radius 1 is 1.04 bits per heavy atom. The second kappa shape index (κ2) is 7.81. The molecule has 0 aromatic carbocycles. The van der Waals surface area contributed by atoms with E-state index in [0.717, 1.165) is 69.8 Å². The van der Waals surface area contributed by atoms with E-state index in [0.29, 0.717) is 6.04 Å². The van der Waals surface area contributed by atoms with Crippen molar-refractivity contribution in [3.63, 3.8) is 0 Å². The average Bonchev–Trinajstić information content (AvgIpc) is 2.63. The maximum absolute atomic E-state index is 10.8. The van der Waals surface area contributed by atoms with Gasteiger partial charge in [0.25, 0.3) is 0 Å². The van der Waals surface area contributed by atoms with E-state index in [1.54, 1.807) is 0 Å². The first-order valence-electron chi connectivity index (χ1n) is 10.7. The number of aromatic nitrogens is 2. The fraction of sp³-hybridized carbons (Fsp3) is 0.810. The van der Waals surface area contributed by atoms with Crippen molar-refractivity contribution in [1.82, 2.24) is 14.9 Å². The molecule has 2 heterocycles. The summed E-state index contributed by atoms with van der Waals surface area (Å²) in [4.78, 5) is 11.9. The minimum absolute atomic E-state index is 0.429. The zero-order valence-electron chi connectivity index (χ0n) is 16.3. The number of hydrogen-bond acceptors (Lipinski definition) is 5. The lowest BCUT2D eigenvalue weighted by Gasteiger charge is -2.40. The number of aliphatic hydroxyl groups is 1. The highest BCUT2D eigenvalue weighted by Crippen LogP contribution is 2.30. The van der Waals surface area contributed by atoms with E-state index in [1.165, 1.54) is 43.4 Å². The van der Waals surface area contributed by atoms with Crippen LogP contribution in [0.3, 0.4) is 0 Å². The Morgan fingerprint density at radius 2 is 1.77 bits per heavy atom. The third kappa shape index (κ3) is 4.20. The second-order valence-corrected chi connectivity index (χ2v) is 8.73. The molecule has 0 radical (unpaired) electrons. The van der Waals surface area contributed by atoms with E-state index in [4.69, 9.17) is 4.98 Å². The highest BCUT2D eigenvalue weighted by molar-refractivity contribution is 5.48. The predicted octanol–water partition coefficient (Wildman–Crippen LogP) is 3.24. The van der Waals surface area contributed by atoms with Gasteiger partial charge in [0.05, 0.1) is 5.60 Å².